The van der Waals surface area contributed by atoms with Crippen LogP contribution >= 0.6 is 0 Å². The molecule has 0 amide bonds. The molecule has 2 aromatic heterocycles. The van der Waals surface area contributed by atoms with Crippen LogP contribution in [-0.4, -0.2) is 31.5 Å². The molecule has 1 aliphatic heterocycles. The van der Waals surface area contributed by atoms with E-state index in [2.05, 4.69) is 10.1 Å². The number of anilines is 1. The van der Waals surface area contributed by atoms with Gasteiger partial charge in [0, 0.05) is 5.39 Å². The summed E-state index contributed by atoms with van der Waals surface area (Å²) in [5.74, 6) is 1.11. The number of nitrogen functional groups attached to an aromatic ring is 1. The first-order valence-corrected chi connectivity index (χ1v) is 8.83. The molecule has 0 aliphatic carbocycles. The topological polar surface area (TPSA) is 108 Å². The quantitative estimate of drug-likeness (QED) is 0.565. The van der Waals surface area contributed by atoms with Gasteiger partial charge in [0.2, 0.25) is 12.7 Å². The molecule has 3 heterocycles. The second kappa shape index (κ2) is 6.41. The molecule has 1 aliphatic rings. The van der Waals surface area contributed by atoms with E-state index in [1.54, 1.807) is 22.9 Å². The van der Waals surface area contributed by atoms with Crippen molar-refractivity contribution in [3.63, 3.8) is 0 Å². The van der Waals surface area contributed by atoms with Crippen LogP contribution in [0.5, 0.6) is 5.75 Å². The van der Waals surface area contributed by atoms with Crippen molar-refractivity contribution in [3.8, 4) is 5.75 Å². The fourth-order valence-corrected chi connectivity index (χ4v) is 3.48. The molecule has 0 saturated carbocycles. The lowest BCUT2D eigenvalue weighted by Crippen LogP contribution is -2.15. The Morgan fingerprint density at radius 3 is 2.75 bits per heavy atom. The number of hydrogen-bond donors (Lipinski definition) is 2. The summed E-state index contributed by atoms with van der Waals surface area (Å²) in [6.45, 7) is 0.155. The molecule has 0 fully saturated rings. The third-order valence-corrected chi connectivity index (χ3v) is 4.75. The molecule has 140 valence electrons. The predicted molar refractivity (Wildman–Crippen MR) is 102 cm³/mol. The zero-order chi connectivity index (χ0) is 19.1. The van der Waals surface area contributed by atoms with E-state index in [9.17, 15) is 5.11 Å². The maximum absolute atomic E-state index is 10.4. The highest BCUT2D eigenvalue weighted by atomic mass is 16.7. The number of aromatic hydroxyl groups is 1. The summed E-state index contributed by atoms with van der Waals surface area (Å²) < 4.78 is 12.6. The molecule has 2 aromatic carbocycles. The van der Waals surface area contributed by atoms with Crippen LogP contribution in [0.2, 0.25) is 0 Å². The molecule has 1 unspecified atom stereocenters. The molecular weight excluding hydrogens is 358 g/mol. The van der Waals surface area contributed by atoms with E-state index >= 15 is 0 Å². The van der Waals surface area contributed by atoms with Gasteiger partial charge in [-0.1, -0.05) is 36.4 Å². The molecule has 8 nitrogen and oxygen atoms in total. The summed E-state index contributed by atoms with van der Waals surface area (Å²) in [7, 11) is 0. The van der Waals surface area contributed by atoms with Crippen molar-refractivity contribution in [1.29, 1.82) is 0 Å². The number of fused-ring (bicyclic) bond motifs is 3. The number of rotatable bonds is 4. The highest BCUT2D eigenvalue weighted by Gasteiger charge is 2.28. The van der Waals surface area contributed by atoms with Gasteiger partial charge in [0.1, 0.15) is 29.1 Å². The van der Waals surface area contributed by atoms with Crippen molar-refractivity contribution < 1.29 is 14.6 Å². The monoisotopic (exact) mass is 375 g/mol. The van der Waals surface area contributed by atoms with Crippen LogP contribution < -0.4 is 5.73 Å². The standard InChI is InChI=1S/C20H17N5O3/c21-20-23-18-13-7-4-8-15(26)17(13)22-19(25(18)24-20)14(16-10-27-11-28-16)9-12-5-2-1-3-6-12/h1-8,10,14,26H,9,11H2,(H2,21,24). The van der Waals surface area contributed by atoms with E-state index in [4.69, 9.17) is 20.2 Å². The van der Waals surface area contributed by atoms with Gasteiger partial charge in [0.05, 0.1) is 5.92 Å². The Bertz CT molecular complexity index is 1200. The van der Waals surface area contributed by atoms with Crippen LogP contribution in [0.15, 0.2) is 60.6 Å². The third kappa shape index (κ3) is 2.66. The minimum Gasteiger partial charge on any atom is -0.506 e. The smallest absolute Gasteiger partial charge is 0.240 e. The molecule has 8 heteroatoms. The normalized spacial score (nSPS) is 14.6. The Morgan fingerprint density at radius 2 is 1.96 bits per heavy atom. The minimum atomic E-state index is -0.294. The molecule has 1 atom stereocenters. The fourth-order valence-electron chi connectivity index (χ4n) is 3.48. The average molecular weight is 375 g/mol. The van der Waals surface area contributed by atoms with E-state index in [0.717, 1.165) is 5.56 Å². The van der Waals surface area contributed by atoms with Crippen LogP contribution in [0.1, 0.15) is 17.3 Å². The molecule has 28 heavy (non-hydrogen) atoms. The minimum absolute atomic E-state index is 0.0684. The number of allylic oxidation sites excluding steroid dienone is 1. The van der Waals surface area contributed by atoms with E-state index in [0.29, 0.717) is 34.6 Å². The Balaban J connectivity index is 1.76. The first kappa shape index (κ1) is 16.4. The van der Waals surface area contributed by atoms with Gasteiger partial charge in [-0.05, 0) is 24.1 Å². The maximum atomic E-state index is 10.4. The third-order valence-electron chi connectivity index (χ3n) is 4.75. The first-order valence-electron chi connectivity index (χ1n) is 8.83. The van der Waals surface area contributed by atoms with Crippen molar-refractivity contribution in [1.82, 2.24) is 19.6 Å². The van der Waals surface area contributed by atoms with Crippen LogP contribution in [0, 0.1) is 0 Å². The molecule has 0 spiro atoms. The average Bonchev–Trinajstić information content (AvgIpc) is 3.36. The molecule has 0 radical (unpaired) electrons. The van der Waals surface area contributed by atoms with E-state index in [-0.39, 0.29) is 24.4 Å². The van der Waals surface area contributed by atoms with E-state index in [1.165, 1.54) is 0 Å². The summed E-state index contributed by atoms with van der Waals surface area (Å²) >= 11 is 0. The Labute approximate surface area is 159 Å². The highest BCUT2D eigenvalue weighted by molar-refractivity contribution is 5.95. The molecule has 3 N–H and O–H groups in total. The maximum Gasteiger partial charge on any atom is 0.240 e. The molecule has 4 aromatic rings. The van der Waals surface area contributed by atoms with Crippen LogP contribution in [0.25, 0.3) is 16.6 Å². The lowest BCUT2D eigenvalue weighted by Gasteiger charge is -2.18. The van der Waals surface area contributed by atoms with Crippen molar-refractivity contribution in [2.24, 2.45) is 0 Å². The number of para-hydroxylation sites is 1. The van der Waals surface area contributed by atoms with Crippen molar-refractivity contribution >= 4 is 22.5 Å². The predicted octanol–water partition coefficient (Wildman–Crippen LogP) is 2.74. The number of aromatic nitrogens is 4. The van der Waals surface area contributed by atoms with Gasteiger partial charge in [0.15, 0.2) is 5.65 Å². The van der Waals surface area contributed by atoms with Gasteiger partial charge < -0.3 is 20.3 Å². The van der Waals surface area contributed by atoms with Crippen molar-refractivity contribution in [3.05, 3.63) is 71.9 Å². The molecule has 5 rings (SSSR count). The fraction of sp³-hybridized carbons (Fsp3) is 0.150. The van der Waals surface area contributed by atoms with E-state index in [1.807, 2.05) is 36.4 Å². The number of hydrogen-bond acceptors (Lipinski definition) is 7. The zero-order valence-corrected chi connectivity index (χ0v) is 14.8. The summed E-state index contributed by atoms with van der Waals surface area (Å²) in [4.78, 5) is 9.08. The Hall–Kier alpha value is -3.81. The number of phenols is 1. The van der Waals surface area contributed by atoms with Crippen molar-refractivity contribution in [2.45, 2.75) is 12.3 Å². The number of ether oxygens (including phenoxy) is 2. The SMILES string of the molecule is Nc1nc2c3cccc(O)c3nc(C(Cc3ccccc3)C3=COCO3)n2n1. The van der Waals surface area contributed by atoms with Gasteiger partial charge in [0.25, 0.3) is 0 Å². The summed E-state index contributed by atoms with van der Waals surface area (Å²) in [5.41, 5.74) is 7.97. The van der Waals surface area contributed by atoms with Gasteiger partial charge in [-0.25, -0.2) is 4.98 Å². The number of nitrogens with two attached hydrogens (primary N) is 1. The lowest BCUT2D eigenvalue weighted by atomic mass is 9.96. The lowest BCUT2D eigenvalue weighted by molar-refractivity contribution is 0.0747. The highest BCUT2D eigenvalue weighted by Crippen LogP contribution is 2.34. The second-order valence-electron chi connectivity index (χ2n) is 6.54. The van der Waals surface area contributed by atoms with Crippen LogP contribution in [-0.2, 0) is 15.9 Å². The summed E-state index contributed by atoms with van der Waals surface area (Å²) in [6, 6.07) is 15.2. The number of nitrogens with zero attached hydrogens (tertiary/aromatic N) is 4. The van der Waals surface area contributed by atoms with Crippen LogP contribution in [0.3, 0.4) is 0 Å². The molecule has 0 saturated heterocycles. The molecular formula is C20H17N5O3. The second-order valence-corrected chi connectivity index (χ2v) is 6.54. The Morgan fingerprint density at radius 1 is 1.11 bits per heavy atom. The van der Waals surface area contributed by atoms with Gasteiger partial charge in [-0.3, -0.25) is 0 Å². The van der Waals surface area contributed by atoms with Crippen LogP contribution in [0.4, 0.5) is 5.95 Å². The van der Waals surface area contributed by atoms with Crippen molar-refractivity contribution in [2.75, 3.05) is 12.5 Å². The summed E-state index contributed by atoms with van der Waals surface area (Å²) in [6.07, 6.45) is 2.20. The number of phenolic OH excluding ortho intramolecular Hbond substituents is 1. The number of benzene rings is 2. The van der Waals surface area contributed by atoms with E-state index < -0.39 is 0 Å². The largest absolute Gasteiger partial charge is 0.506 e. The Kier molecular flexibility index (Phi) is 3.75. The van der Waals surface area contributed by atoms with Gasteiger partial charge in [-0.15, -0.1) is 5.10 Å². The van der Waals surface area contributed by atoms with Gasteiger partial charge in [-0.2, -0.15) is 9.50 Å². The summed E-state index contributed by atoms with van der Waals surface area (Å²) in [5, 5.41) is 15.4. The van der Waals surface area contributed by atoms with Gasteiger partial charge >= 0.3 is 0 Å². The molecule has 0 bridgehead atoms. The zero-order valence-electron chi connectivity index (χ0n) is 14.8. The first-order chi connectivity index (χ1) is 13.7.